The summed E-state index contributed by atoms with van der Waals surface area (Å²) in [6, 6.07) is 0. The van der Waals surface area contributed by atoms with E-state index in [1.807, 2.05) is 13.0 Å². The second kappa shape index (κ2) is 22.7. The van der Waals surface area contributed by atoms with Crippen molar-refractivity contribution in [2.24, 2.45) is 0 Å². The van der Waals surface area contributed by atoms with Crippen molar-refractivity contribution in [2.75, 3.05) is 0 Å². The minimum atomic E-state index is -0.443. The number of ether oxygens (including phenoxy) is 2. The molecule has 2 N–H and O–H groups in total. The van der Waals surface area contributed by atoms with Gasteiger partial charge in [-0.1, -0.05) is 129 Å². The number of hydrogen-bond donors (Lipinski definition) is 2. The summed E-state index contributed by atoms with van der Waals surface area (Å²) in [5.74, 6) is -0.159. The van der Waals surface area contributed by atoms with Crippen LogP contribution in [0, 0.1) is 0 Å². The van der Waals surface area contributed by atoms with Crippen LogP contribution in [0.2, 0.25) is 0 Å². The second-order valence-corrected chi connectivity index (χ2v) is 12.8. The number of esters is 1. The van der Waals surface area contributed by atoms with Crippen LogP contribution in [0.1, 0.15) is 174 Å². The average molecular weight is 565 g/mol. The number of unbranched alkanes of at least 4 members (excludes halogenated alkanes) is 18. The van der Waals surface area contributed by atoms with Crippen LogP contribution in [0.5, 0.6) is 0 Å². The molecule has 1 unspecified atom stereocenters. The zero-order valence-electron chi connectivity index (χ0n) is 26.3. The fourth-order valence-corrected chi connectivity index (χ4v) is 6.37. The van der Waals surface area contributed by atoms with Gasteiger partial charge < -0.3 is 19.7 Å². The zero-order valence-corrected chi connectivity index (χ0v) is 26.3. The molecule has 0 radical (unpaired) electrons. The van der Waals surface area contributed by atoms with E-state index in [-0.39, 0.29) is 24.3 Å². The summed E-state index contributed by atoms with van der Waals surface area (Å²) in [6.07, 6.45) is 30.6. The van der Waals surface area contributed by atoms with E-state index in [9.17, 15) is 15.0 Å². The Morgan fingerprint density at radius 2 is 1.07 bits per heavy atom. The van der Waals surface area contributed by atoms with Gasteiger partial charge in [-0.2, -0.15) is 0 Å². The molecule has 234 valence electrons. The molecule has 0 aromatic heterocycles. The fraction of sp³-hybridized carbons (Fsp3) is 0.914. The smallest absolute Gasteiger partial charge is 0.334 e. The Morgan fingerprint density at radius 1 is 0.675 bits per heavy atom. The molecule has 5 heteroatoms. The molecule has 2 rings (SSSR count). The summed E-state index contributed by atoms with van der Waals surface area (Å²) >= 11 is 0. The van der Waals surface area contributed by atoms with Crippen LogP contribution in [-0.4, -0.2) is 46.7 Å². The molecule has 40 heavy (non-hydrogen) atoms. The van der Waals surface area contributed by atoms with Crippen LogP contribution in [0.3, 0.4) is 0 Å². The molecule has 0 aromatic carbocycles. The molecular formula is C35H64O5. The summed E-state index contributed by atoms with van der Waals surface area (Å²) in [6.45, 7) is 4.17. The summed E-state index contributed by atoms with van der Waals surface area (Å²) in [7, 11) is 0. The van der Waals surface area contributed by atoms with Gasteiger partial charge in [0.2, 0.25) is 0 Å². The molecule has 0 amide bonds. The van der Waals surface area contributed by atoms with Gasteiger partial charge in [-0.15, -0.1) is 0 Å². The lowest BCUT2D eigenvalue weighted by atomic mass is 10.00. The second-order valence-electron chi connectivity index (χ2n) is 12.8. The molecule has 2 aliphatic rings. The Kier molecular flexibility index (Phi) is 20.0. The van der Waals surface area contributed by atoms with Crippen LogP contribution in [0.15, 0.2) is 11.6 Å². The Morgan fingerprint density at radius 3 is 1.48 bits per heavy atom. The summed E-state index contributed by atoms with van der Waals surface area (Å²) < 4.78 is 11.2. The molecule has 0 saturated carbocycles. The molecule has 0 aliphatic carbocycles. The van der Waals surface area contributed by atoms with Gasteiger partial charge in [0.05, 0.1) is 24.4 Å². The first-order valence-corrected chi connectivity index (χ1v) is 17.4. The van der Waals surface area contributed by atoms with Crippen molar-refractivity contribution < 1.29 is 24.5 Å². The van der Waals surface area contributed by atoms with Crippen molar-refractivity contribution in [1.29, 1.82) is 0 Å². The van der Waals surface area contributed by atoms with Crippen LogP contribution >= 0.6 is 0 Å². The predicted molar refractivity (Wildman–Crippen MR) is 165 cm³/mol. The molecule has 2 aliphatic heterocycles. The first-order valence-electron chi connectivity index (χ1n) is 17.4. The Balaban J connectivity index is 1.35. The van der Waals surface area contributed by atoms with E-state index in [0.717, 1.165) is 69.8 Å². The Labute approximate surface area is 246 Å². The number of aliphatic hydroxyl groups is 2. The molecule has 1 fully saturated rings. The van der Waals surface area contributed by atoms with E-state index in [0.29, 0.717) is 0 Å². The molecular weight excluding hydrogens is 500 g/mol. The van der Waals surface area contributed by atoms with E-state index in [2.05, 4.69) is 6.92 Å². The van der Waals surface area contributed by atoms with Gasteiger partial charge in [0, 0.05) is 5.57 Å². The molecule has 5 atom stereocenters. The van der Waals surface area contributed by atoms with E-state index in [4.69, 9.17) is 9.47 Å². The van der Waals surface area contributed by atoms with Crippen molar-refractivity contribution in [3.8, 4) is 0 Å². The van der Waals surface area contributed by atoms with Gasteiger partial charge >= 0.3 is 5.97 Å². The number of cyclic esters (lactones) is 1. The summed E-state index contributed by atoms with van der Waals surface area (Å²) in [5, 5.41) is 21.2. The summed E-state index contributed by atoms with van der Waals surface area (Å²) in [5.41, 5.74) is 0.816. The van der Waals surface area contributed by atoms with Crippen LogP contribution in [0.4, 0.5) is 0 Å². The maximum Gasteiger partial charge on any atom is 0.334 e. The predicted octanol–water partition coefficient (Wildman–Crippen LogP) is 9.12. The molecule has 5 nitrogen and oxygen atoms in total. The highest BCUT2D eigenvalue weighted by atomic mass is 16.5. The first-order chi connectivity index (χ1) is 19.5. The van der Waals surface area contributed by atoms with Gasteiger partial charge in [0.15, 0.2) is 0 Å². The van der Waals surface area contributed by atoms with Gasteiger partial charge in [0.1, 0.15) is 6.10 Å². The third kappa shape index (κ3) is 15.9. The first kappa shape index (κ1) is 35.3. The largest absolute Gasteiger partial charge is 0.455 e. The Bertz CT molecular complexity index is 662. The van der Waals surface area contributed by atoms with Crippen LogP contribution < -0.4 is 0 Å². The standard InChI is InChI=1S/C35H64O5/c1-3-4-5-6-7-8-9-10-11-12-13-14-15-16-17-21-24-31(36)33-26-27-34(40-33)32(37)25-22-19-18-20-23-30-28-29(2)39-35(30)38/h28-29,31-34,36-37H,3-27H2,1-2H3/t29?,31-,32+,33+,34+/m0/s1. The highest BCUT2D eigenvalue weighted by molar-refractivity contribution is 5.90. The quantitative estimate of drug-likeness (QED) is 0.0809. The minimum Gasteiger partial charge on any atom is -0.455 e. The SMILES string of the molecule is CCCCCCCCCCCCCCCCCC[C@H](O)[C@H]1CC[C@H]([C@H](O)CCCCCCC2=CC(C)OC2=O)O1. The Hall–Kier alpha value is -0.910. The van der Waals surface area contributed by atoms with Gasteiger partial charge in [0.25, 0.3) is 0 Å². The summed E-state index contributed by atoms with van der Waals surface area (Å²) in [4.78, 5) is 11.6. The van der Waals surface area contributed by atoms with E-state index in [1.165, 1.54) is 96.3 Å². The lowest BCUT2D eigenvalue weighted by Gasteiger charge is -2.22. The lowest BCUT2D eigenvalue weighted by molar-refractivity contribution is -0.139. The topological polar surface area (TPSA) is 76.0 Å². The average Bonchev–Trinajstić information content (AvgIpc) is 3.56. The number of carbonyl (C=O) groups is 1. The molecule has 0 spiro atoms. The van der Waals surface area contributed by atoms with Crippen molar-refractivity contribution in [2.45, 2.75) is 205 Å². The van der Waals surface area contributed by atoms with E-state index >= 15 is 0 Å². The number of carbonyl (C=O) groups excluding carboxylic acids is 1. The van der Waals surface area contributed by atoms with Crippen molar-refractivity contribution in [1.82, 2.24) is 0 Å². The fourth-order valence-electron chi connectivity index (χ4n) is 6.37. The molecule has 1 saturated heterocycles. The van der Waals surface area contributed by atoms with Crippen molar-refractivity contribution in [3.05, 3.63) is 11.6 Å². The minimum absolute atomic E-state index is 0.0830. The number of aliphatic hydroxyl groups excluding tert-OH is 2. The maximum absolute atomic E-state index is 11.6. The normalized spacial score (nSPS) is 22.4. The number of rotatable bonds is 26. The van der Waals surface area contributed by atoms with Crippen molar-refractivity contribution in [3.63, 3.8) is 0 Å². The van der Waals surface area contributed by atoms with Gasteiger partial charge in [-0.3, -0.25) is 0 Å². The van der Waals surface area contributed by atoms with Gasteiger partial charge in [-0.25, -0.2) is 4.79 Å². The van der Waals surface area contributed by atoms with Crippen LogP contribution in [0.25, 0.3) is 0 Å². The highest BCUT2D eigenvalue weighted by Crippen LogP contribution is 2.28. The van der Waals surface area contributed by atoms with Gasteiger partial charge in [-0.05, 0) is 51.5 Å². The monoisotopic (exact) mass is 564 g/mol. The molecule has 0 bridgehead atoms. The lowest BCUT2D eigenvalue weighted by Crippen LogP contribution is -2.31. The zero-order chi connectivity index (χ0) is 28.8. The number of hydrogen-bond acceptors (Lipinski definition) is 5. The third-order valence-corrected chi connectivity index (χ3v) is 8.98. The van der Waals surface area contributed by atoms with E-state index in [1.54, 1.807) is 0 Å². The highest BCUT2D eigenvalue weighted by Gasteiger charge is 2.34. The molecule has 2 heterocycles. The maximum atomic E-state index is 11.6. The molecule has 0 aromatic rings. The van der Waals surface area contributed by atoms with E-state index < -0.39 is 12.2 Å². The van der Waals surface area contributed by atoms with Crippen molar-refractivity contribution >= 4 is 5.97 Å². The van der Waals surface area contributed by atoms with Crippen LogP contribution in [-0.2, 0) is 14.3 Å². The third-order valence-electron chi connectivity index (χ3n) is 8.98.